The standard InChI is InChI=1S/C117H115Br2NO/c1-6-11-16-21-30-81-39-53-90(54-40-81)115(91-55-41-82(42-56-91)31-22-17-12-7-2)105-37-28-26-35-99(105)101-69-49-86(75-107(101)115)88-51-73-111-113(77-88)121-114-78-89(87-50-70-102-100-36-27-29-38-106(100)116(108(102)76-87,92-57-43-83(44-58-92)32-23-18-13-8-3)93-59-45-84(46-60-93)33-24-19-14-9-4)52-74-112(114)120(111)98-67-63-95(64-68-98)117(94-61-47-85(48-62-94)34-25-20-15-10-5)109-79-96(118)65-71-103(109)104-72-66-97(119)80-110(104)117/h26-29,35-80H,6-25,30-34H2,1-5H3. The van der Waals surface area contributed by atoms with E-state index in [1.807, 2.05) is 0 Å². The molecule has 4 heteroatoms. The molecule has 0 saturated heterocycles. The highest BCUT2D eigenvalue weighted by molar-refractivity contribution is 9.10. The molecule has 14 aromatic carbocycles. The number of ether oxygens (including phenoxy) is 1. The normalized spacial score (nSPS) is 13.8. The molecule has 0 bridgehead atoms. The number of hydrogen-bond donors (Lipinski definition) is 0. The van der Waals surface area contributed by atoms with Crippen LogP contribution in [-0.2, 0) is 48.3 Å². The van der Waals surface area contributed by atoms with Crippen LogP contribution < -0.4 is 9.64 Å². The van der Waals surface area contributed by atoms with Gasteiger partial charge < -0.3 is 9.64 Å². The molecular formula is C117H115Br2NO. The molecule has 4 aliphatic rings. The van der Waals surface area contributed by atoms with Crippen molar-refractivity contribution in [3.05, 3.63) is 407 Å². The Balaban J connectivity index is 0.788. The fraction of sp³-hybridized carbons (Fsp3) is 0.282. The van der Waals surface area contributed by atoms with Crippen LogP contribution in [0, 0.1) is 0 Å². The van der Waals surface area contributed by atoms with E-state index in [1.165, 1.54) is 256 Å². The minimum Gasteiger partial charge on any atom is -0.453 e. The van der Waals surface area contributed by atoms with Crippen molar-refractivity contribution >= 4 is 48.9 Å². The van der Waals surface area contributed by atoms with Crippen molar-refractivity contribution in [1.82, 2.24) is 0 Å². The number of benzene rings is 14. The van der Waals surface area contributed by atoms with E-state index in [2.05, 4.69) is 375 Å². The second kappa shape index (κ2) is 36.4. The third-order valence-electron chi connectivity index (χ3n) is 27.5. The Bertz CT molecular complexity index is 5560. The van der Waals surface area contributed by atoms with Gasteiger partial charge in [-0.2, -0.15) is 0 Å². The molecule has 0 fully saturated rings. The topological polar surface area (TPSA) is 12.5 Å². The zero-order valence-corrected chi connectivity index (χ0v) is 74.8. The first kappa shape index (κ1) is 81.6. The van der Waals surface area contributed by atoms with Crippen molar-refractivity contribution in [2.24, 2.45) is 0 Å². The van der Waals surface area contributed by atoms with Crippen LogP contribution in [0.3, 0.4) is 0 Å². The van der Waals surface area contributed by atoms with Crippen LogP contribution in [0.2, 0.25) is 0 Å². The average Bonchev–Trinajstić information content (AvgIpc) is 1.55. The number of anilines is 3. The quantitative estimate of drug-likeness (QED) is 0.0373. The number of unbranched alkanes of at least 4 members (excludes halogenated alkanes) is 15. The highest BCUT2D eigenvalue weighted by Crippen LogP contribution is 2.62. The molecule has 1 aliphatic heterocycles. The summed E-state index contributed by atoms with van der Waals surface area (Å²) in [5.41, 5.74) is 35.9. The van der Waals surface area contributed by atoms with Crippen LogP contribution in [0.25, 0.3) is 55.6 Å². The minimum absolute atomic E-state index is 0.575. The molecule has 0 N–H and O–H groups in total. The van der Waals surface area contributed by atoms with Gasteiger partial charge in [-0.1, -0.05) is 393 Å². The molecule has 1 heterocycles. The number of nitrogens with zero attached hydrogens (tertiary/aromatic N) is 1. The fourth-order valence-corrected chi connectivity index (χ4v) is 22.0. The lowest BCUT2D eigenvalue weighted by Crippen LogP contribution is -2.29. The lowest BCUT2D eigenvalue weighted by Gasteiger charge is -2.36. The predicted octanol–water partition coefficient (Wildman–Crippen LogP) is 33.8. The summed E-state index contributed by atoms with van der Waals surface area (Å²) in [6, 6.07) is 119. The summed E-state index contributed by atoms with van der Waals surface area (Å²) < 4.78 is 9.81. The van der Waals surface area contributed by atoms with Crippen LogP contribution in [-0.4, -0.2) is 0 Å². The monoisotopic (exact) mass is 1710 g/mol. The lowest BCUT2D eigenvalue weighted by atomic mass is 9.67. The van der Waals surface area contributed by atoms with Gasteiger partial charge >= 0.3 is 0 Å². The third kappa shape index (κ3) is 15.4. The van der Waals surface area contributed by atoms with Crippen LogP contribution in [0.4, 0.5) is 17.1 Å². The van der Waals surface area contributed by atoms with Gasteiger partial charge in [0.15, 0.2) is 11.5 Å². The Labute approximate surface area is 738 Å². The van der Waals surface area contributed by atoms with Gasteiger partial charge in [-0.3, -0.25) is 0 Å². The van der Waals surface area contributed by atoms with Crippen molar-refractivity contribution in [2.45, 2.75) is 211 Å². The van der Waals surface area contributed by atoms with Gasteiger partial charge in [0.1, 0.15) is 0 Å². The first-order valence-corrected chi connectivity index (χ1v) is 47.6. The van der Waals surface area contributed by atoms with Crippen molar-refractivity contribution < 1.29 is 4.74 Å². The first-order valence-electron chi connectivity index (χ1n) is 46.0. The van der Waals surface area contributed by atoms with Crippen molar-refractivity contribution in [3.8, 4) is 67.1 Å². The maximum absolute atomic E-state index is 7.68. The summed E-state index contributed by atoms with van der Waals surface area (Å²) in [6.45, 7) is 11.5. The van der Waals surface area contributed by atoms with E-state index in [0.717, 1.165) is 91.9 Å². The van der Waals surface area contributed by atoms with Gasteiger partial charge in [0.2, 0.25) is 0 Å². The second-order valence-electron chi connectivity index (χ2n) is 35.1. The van der Waals surface area contributed by atoms with E-state index in [1.54, 1.807) is 0 Å². The molecule has 608 valence electrons. The maximum Gasteiger partial charge on any atom is 0.152 e. The highest BCUT2D eigenvalue weighted by atomic mass is 79.9. The summed E-state index contributed by atoms with van der Waals surface area (Å²) in [5, 5.41) is 0. The molecule has 0 aromatic heterocycles. The Morgan fingerprint density at radius 2 is 0.488 bits per heavy atom. The zero-order chi connectivity index (χ0) is 82.4. The molecule has 18 rings (SSSR count). The smallest absolute Gasteiger partial charge is 0.152 e. The summed E-state index contributed by atoms with van der Waals surface area (Å²) in [5.74, 6) is 1.60. The number of fused-ring (bicyclic) bond motifs is 11. The molecule has 0 amide bonds. The average molecular weight is 1710 g/mol. The first-order chi connectivity index (χ1) is 59.6. The molecule has 0 saturated carbocycles. The highest BCUT2D eigenvalue weighted by Gasteiger charge is 2.50. The molecule has 0 radical (unpaired) electrons. The van der Waals surface area contributed by atoms with E-state index in [0.29, 0.717) is 0 Å². The zero-order valence-electron chi connectivity index (χ0n) is 71.7. The van der Waals surface area contributed by atoms with E-state index >= 15 is 0 Å². The molecular weight excluding hydrogens is 1600 g/mol. The number of rotatable bonds is 34. The van der Waals surface area contributed by atoms with Crippen LogP contribution in [0.15, 0.2) is 312 Å². The van der Waals surface area contributed by atoms with Crippen molar-refractivity contribution in [1.29, 1.82) is 0 Å². The Hall–Kier alpha value is -10.4. The van der Waals surface area contributed by atoms with Crippen LogP contribution in [0.1, 0.15) is 258 Å². The van der Waals surface area contributed by atoms with E-state index in [4.69, 9.17) is 4.74 Å². The molecule has 2 nitrogen and oxygen atoms in total. The minimum atomic E-state index is -0.630. The number of hydrogen-bond acceptors (Lipinski definition) is 2. The Kier molecular flexibility index (Phi) is 24.5. The van der Waals surface area contributed by atoms with Crippen molar-refractivity contribution in [2.75, 3.05) is 4.90 Å². The second-order valence-corrected chi connectivity index (χ2v) is 37.0. The largest absolute Gasteiger partial charge is 0.453 e. The Morgan fingerprint density at radius 3 is 0.802 bits per heavy atom. The van der Waals surface area contributed by atoms with Crippen molar-refractivity contribution in [3.63, 3.8) is 0 Å². The number of halogens is 2. The van der Waals surface area contributed by atoms with E-state index < -0.39 is 16.2 Å². The summed E-state index contributed by atoms with van der Waals surface area (Å²) in [7, 11) is 0. The van der Waals surface area contributed by atoms with Gasteiger partial charge in [-0.15, -0.1) is 0 Å². The molecule has 0 atom stereocenters. The predicted molar refractivity (Wildman–Crippen MR) is 519 cm³/mol. The summed E-state index contributed by atoms with van der Waals surface area (Å²) in [4.78, 5) is 2.46. The molecule has 0 unspecified atom stereocenters. The van der Waals surface area contributed by atoms with Gasteiger partial charge in [0, 0.05) is 14.6 Å². The molecule has 121 heavy (non-hydrogen) atoms. The van der Waals surface area contributed by atoms with Gasteiger partial charge in [0.25, 0.3) is 0 Å². The van der Waals surface area contributed by atoms with E-state index in [-0.39, 0.29) is 0 Å². The fourth-order valence-electron chi connectivity index (χ4n) is 21.2. The number of aryl methyl sites for hydroxylation is 5. The van der Waals surface area contributed by atoms with Gasteiger partial charge in [0.05, 0.1) is 27.6 Å². The molecule has 0 spiro atoms. The molecule has 3 aliphatic carbocycles. The summed E-state index contributed by atoms with van der Waals surface area (Å²) in [6.07, 6.45) is 30.3. The summed E-state index contributed by atoms with van der Waals surface area (Å²) >= 11 is 8.03. The Morgan fingerprint density at radius 1 is 0.231 bits per heavy atom. The lowest BCUT2D eigenvalue weighted by molar-refractivity contribution is 0.477. The van der Waals surface area contributed by atoms with Gasteiger partial charge in [-0.05, 0) is 287 Å². The third-order valence-corrected chi connectivity index (χ3v) is 28.5. The molecule has 14 aromatic rings. The van der Waals surface area contributed by atoms with E-state index in [9.17, 15) is 0 Å². The maximum atomic E-state index is 7.68. The SMILES string of the molecule is CCCCCCc1ccc(C2(c3ccc(N4c5ccc(-c6ccc7c(c6)C(c6ccc(CCCCCC)cc6)(c6ccc(CCCCCC)cc6)c6ccccc6-7)cc5Oc5cc(-c6ccc7c(c6)C(c6ccc(CCCCCC)cc6)(c6ccc(CCCCCC)cc6)c6ccccc6-7)ccc54)cc3)c3cc(Br)ccc3-c3ccc(Br)cc32)cc1. The van der Waals surface area contributed by atoms with Crippen LogP contribution in [0.5, 0.6) is 11.5 Å². The van der Waals surface area contributed by atoms with Gasteiger partial charge in [-0.25, -0.2) is 0 Å². The van der Waals surface area contributed by atoms with Crippen LogP contribution >= 0.6 is 31.9 Å².